The maximum atomic E-state index is 15.1. The van der Waals surface area contributed by atoms with E-state index in [1.165, 1.54) is 31.4 Å². The van der Waals surface area contributed by atoms with E-state index in [2.05, 4.69) is 10.1 Å². The van der Waals surface area contributed by atoms with Crippen LogP contribution in [0.1, 0.15) is 66.1 Å². The molecule has 4 atom stereocenters. The van der Waals surface area contributed by atoms with Crippen molar-refractivity contribution in [1.82, 2.24) is 5.16 Å². The van der Waals surface area contributed by atoms with Gasteiger partial charge in [-0.2, -0.15) is 0 Å². The van der Waals surface area contributed by atoms with Gasteiger partial charge in [0.25, 0.3) is 0 Å². The molecule has 4 unspecified atom stereocenters. The monoisotopic (exact) mass is 524 g/mol. The third-order valence-electron chi connectivity index (χ3n) is 8.96. The molecule has 4 aliphatic rings. The lowest BCUT2D eigenvalue weighted by Crippen LogP contribution is -2.46. The van der Waals surface area contributed by atoms with Crippen LogP contribution in [0.3, 0.4) is 0 Å². The Morgan fingerprint density at radius 3 is 2.55 bits per heavy atom. The maximum Gasteiger partial charge on any atom is 0.337 e. The highest BCUT2D eigenvalue weighted by molar-refractivity contribution is 5.90. The van der Waals surface area contributed by atoms with Crippen molar-refractivity contribution < 1.29 is 32.0 Å². The number of anilines is 1. The van der Waals surface area contributed by atoms with E-state index in [1.54, 1.807) is 12.1 Å². The summed E-state index contributed by atoms with van der Waals surface area (Å²) in [7, 11) is 1.27. The van der Waals surface area contributed by atoms with E-state index < -0.39 is 23.4 Å². The van der Waals surface area contributed by atoms with Crippen LogP contribution in [0, 0.1) is 23.4 Å². The molecule has 6 nitrogen and oxygen atoms in total. The number of carbonyl (C=O) groups excluding carboxylic acids is 1. The second-order valence-corrected chi connectivity index (χ2v) is 10.9. The zero-order valence-corrected chi connectivity index (χ0v) is 20.9. The van der Waals surface area contributed by atoms with Gasteiger partial charge >= 0.3 is 5.97 Å². The molecule has 1 saturated heterocycles. The van der Waals surface area contributed by atoms with Crippen LogP contribution >= 0.6 is 0 Å². The minimum atomic E-state index is -0.687. The van der Waals surface area contributed by atoms with Gasteiger partial charge in [0.1, 0.15) is 28.9 Å². The first-order valence-electron chi connectivity index (χ1n) is 13.1. The molecule has 2 aromatic carbocycles. The predicted molar refractivity (Wildman–Crippen MR) is 131 cm³/mol. The van der Waals surface area contributed by atoms with Crippen LogP contribution in [0.4, 0.5) is 18.9 Å². The van der Waals surface area contributed by atoms with Crippen LogP contribution in [-0.4, -0.2) is 35.9 Å². The van der Waals surface area contributed by atoms with E-state index in [9.17, 15) is 13.6 Å². The lowest BCUT2D eigenvalue weighted by molar-refractivity contribution is -0.0160. The molecule has 9 heteroatoms. The highest BCUT2D eigenvalue weighted by Gasteiger charge is 2.73. The van der Waals surface area contributed by atoms with Crippen molar-refractivity contribution in [3.05, 3.63) is 70.7 Å². The van der Waals surface area contributed by atoms with E-state index in [4.69, 9.17) is 14.0 Å². The second kappa shape index (κ2) is 8.59. The number of halogens is 3. The Morgan fingerprint density at radius 2 is 1.89 bits per heavy atom. The largest absolute Gasteiger partial charge is 0.465 e. The molecule has 0 bridgehead atoms. The first kappa shape index (κ1) is 23.8. The number of rotatable bonds is 7. The molecular formula is C29H27F3N2O4. The molecule has 3 aromatic rings. The fourth-order valence-electron chi connectivity index (χ4n) is 6.83. The van der Waals surface area contributed by atoms with Crippen molar-refractivity contribution in [3.63, 3.8) is 0 Å². The van der Waals surface area contributed by atoms with Crippen molar-refractivity contribution in [1.29, 1.82) is 0 Å². The van der Waals surface area contributed by atoms with Crippen LogP contribution in [0.2, 0.25) is 0 Å². The molecule has 1 aliphatic heterocycles. The number of aromatic nitrogens is 1. The molecule has 4 fully saturated rings. The van der Waals surface area contributed by atoms with Gasteiger partial charge in [0.05, 0.1) is 48.2 Å². The molecule has 0 radical (unpaired) electrons. The fraction of sp³-hybridized carbons (Fsp3) is 0.448. The Morgan fingerprint density at radius 1 is 1.11 bits per heavy atom. The van der Waals surface area contributed by atoms with Gasteiger partial charge in [-0.15, -0.1) is 0 Å². The van der Waals surface area contributed by atoms with Gasteiger partial charge in [0.15, 0.2) is 0 Å². The Hall–Kier alpha value is -3.33. The maximum absolute atomic E-state index is 15.1. The van der Waals surface area contributed by atoms with Crippen LogP contribution < -0.4 is 4.90 Å². The first-order valence-corrected chi connectivity index (χ1v) is 13.1. The summed E-state index contributed by atoms with van der Waals surface area (Å²) in [6.07, 6.45) is 5.42. The van der Waals surface area contributed by atoms with Crippen LogP contribution in [0.15, 0.2) is 40.9 Å². The van der Waals surface area contributed by atoms with Gasteiger partial charge in [0.2, 0.25) is 0 Å². The Balaban J connectivity index is 1.11. The third kappa shape index (κ3) is 3.51. The second-order valence-electron chi connectivity index (χ2n) is 10.9. The van der Waals surface area contributed by atoms with Gasteiger partial charge in [-0.25, -0.2) is 18.0 Å². The third-order valence-corrected chi connectivity index (χ3v) is 8.96. The summed E-state index contributed by atoms with van der Waals surface area (Å²) in [6, 6.07) is 8.39. The fourth-order valence-corrected chi connectivity index (χ4v) is 6.83. The molecule has 198 valence electrons. The van der Waals surface area contributed by atoms with E-state index in [0.29, 0.717) is 22.9 Å². The van der Waals surface area contributed by atoms with Crippen LogP contribution in [0.5, 0.6) is 0 Å². The van der Waals surface area contributed by atoms with Gasteiger partial charge in [-0.05, 0) is 74.8 Å². The number of hydrogen-bond acceptors (Lipinski definition) is 6. The lowest BCUT2D eigenvalue weighted by atomic mass is 9.64. The average molecular weight is 525 g/mol. The molecular weight excluding hydrogens is 497 g/mol. The minimum Gasteiger partial charge on any atom is -0.465 e. The first-order chi connectivity index (χ1) is 18.4. The number of ether oxygens (including phenoxy) is 2. The Bertz CT molecular complexity index is 1420. The smallest absolute Gasteiger partial charge is 0.337 e. The van der Waals surface area contributed by atoms with Crippen molar-refractivity contribution >= 4 is 11.7 Å². The van der Waals surface area contributed by atoms with Gasteiger partial charge in [-0.3, -0.25) is 0 Å². The van der Waals surface area contributed by atoms with Gasteiger partial charge in [-0.1, -0.05) is 11.2 Å². The predicted octanol–water partition coefficient (Wildman–Crippen LogP) is 6.14. The highest BCUT2D eigenvalue weighted by Crippen LogP contribution is 2.66. The number of nitrogens with zero attached hydrogens (tertiary/aromatic N) is 2. The number of esters is 1. The Labute approximate surface area is 217 Å². The lowest BCUT2D eigenvalue weighted by Gasteiger charge is -2.42. The summed E-state index contributed by atoms with van der Waals surface area (Å²) >= 11 is 0. The molecule has 7 rings (SSSR count). The molecule has 1 aromatic heterocycles. The SMILES string of the molecule is COC(=O)c1ccc(N2C3CC(OCc4c(-c5c(F)cccc5F)noc4C4CC4)CC4CCC432)c(F)c1. The van der Waals surface area contributed by atoms with Crippen molar-refractivity contribution in [2.45, 2.75) is 68.7 Å². The molecule has 3 aliphatic carbocycles. The topological polar surface area (TPSA) is 64.6 Å². The molecule has 0 amide bonds. The summed E-state index contributed by atoms with van der Waals surface area (Å²) < 4.78 is 60.9. The van der Waals surface area contributed by atoms with Crippen molar-refractivity contribution in [2.75, 3.05) is 12.0 Å². The normalized spacial score (nSPS) is 27.4. The zero-order chi connectivity index (χ0) is 26.2. The summed E-state index contributed by atoms with van der Waals surface area (Å²) in [4.78, 5) is 14.0. The van der Waals surface area contributed by atoms with Crippen molar-refractivity contribution in [2.24, 2.45) is 5.92 Å². The van der Waals surface area contributed by atoms with Gasteiger partial charge < -0.3 is 18.9 Å². The van der Waals surface area contributed by atoms with E-state index >= 15 is 4.39 Å². The van der Waals surface area contributed by atoms with Gasteiger partial charge in [0, 0.05) is 11.5 Å². The van der Waals surface area contributed by atoms with E-state index in [1.807, 2.05) is 0 Å². The quantitative estimate of drug-likeness (QED) is 0.273. The van der Waals surface area contributed by atoms with Crippen molar-refractivity contribution in [3.8, 4) is 11.3 Å². The van der Waals surface area contributed by atoms with Crippen LogP contribution in [-0.2, 0) is 16.1 Å². The highest BCUT2D eigenvalue weighted by atomic mass is 19.1. The number of benzene rings is 2. The summed E-state index contributed by atoms with van der Waals surface area (Å²) in [5.74, 6) is -1.15. The summed E-state index contributed by atoms with van der Waals surface area (Å²) in [6.45, 7) is 0.151. The zero-order valence-electron chi connectivity index (χ0n) is 20.9. The summed E-state index contributed by atoms with van der Waals surface area (Å²) in [5.41, 5.74) is 1.22. The summed E-state index contributed by atoms with van der Waals surface area (Å²) in [5, 5.41) is 4.06. The standard InChI is InChI=1S/C29H27F3N2O4/c1-36-28(35)16-7-8-23(22(32)11-16)34-24-13-18(12-17-9-10-29(17,24)34)37-14-19-26(33-38-27(19)15-5-6-15)25-20(30)3-2-4-21(25)31/h2-4,7-8,11,15,17-18,24H,5-6,9-10,12-14H2,1H3. The van der Waals surface area contributed by atoms with E-state index in [0.717, 1.165) is 38.5 Å². The minimum absolute atomic E-state index is 0.0503. The molecule has 3 saturated carbocycles. The Kier molecular flexibility index (Phi) is 5.37. The number of carbonyl (C=O) groups is 1. The molecule has 1 spiro atoms. The number of hydrogen-bond donors (Lipinski definition) is 0. The number of methoxy groups -OCH3 is 1. The molecule has 38 heavy (non-hydrogen) atoms. The molecule has 0 N–H and O–H groups in total. The van der Waals surface area contributed by atoms with Crippen LogP contribution in [0.25, 0.3) is 11.3 Å². The average Bonchev–Trinajstić information content (AvgIpc) is 3.81. The van der Waals surface area contributed by atoms with E-state index in [-0.39, 0.29) is 47.0 Å². The molecule has 2 heterocycles.